The number of aliphatic hydroxyl groups is 1. The molecular formula is C5H14N2O3S. The van der Waals surface area contributed by atoms with Crippen LogP contribution < -0.4 is 9.44 Å². The van der Waals surface area contributed by atoms with Gasteiger partial charge in [-0.05, 0) is 6.92 Å². The molecule has 0 fully saturated rings. The normalized spacial score (nSPS) is 14.8. The standard InChI is InChI=1S/C5H14N2O3S/c1-3-6-11(9,10)7-4-5(2)8/h5-8H,3-4H2,1-2H3/t5-/m0/s1. The highest BCUT2D eigenvalue weighted by atomic mass is 32.2. The van der Waals surface area contributed by atoms with Gasteiger partial charge in [-0.25, -0.2) is 4.72 Å². The summed E-state index contributed by atoms with van der Waals surface area (Å²) >= 11 is 0. The Labute approximate surface area is 67.0 Å². The highest BCUT2D eigenvalue weighted by Crippen LogP contribution is 1.79. The number of hydrogen-bond acceptors (Lipinski definition) is 3. The lowest BCUT2D eigenvalue weighted by Gasteiger charge is -2.07. The zero-order valence-corrected chi connectivity index (χ0v) is 7.48. The molecule has 0 saturated carbocycles. The summed E-state index contributed by atoms with van der Waals surface area (Å²) in [5, 5.41) is 8.73. The summed E-state index contributed by atoms with van der Waals surface area (Å²) in [5.74, 6) is 0. The second-order valence-electron chi connectivity index (χ2n) is 2.20. The molecule has 3 N–H and O–H groups in total. The Morgan fingerprint density at radius 2 is 2.00 bits per heavy atom. The lowest BCUT2D eigenvalue weighted by molar-refractivity contribution is 0.198. The average molecular weight is 182 g/mol. The summed E-state index contributed by atoms with van der Waals surface area (Å²) in [6.45, 7) is 3.57. The molecule has 0 unspecified atom stereocenters. The minimum absolute atomic E-state index is 0.0370. The molecule has 0 saturated heterocycles. The molecule has 0 amide bonds. The van der Waals surface area contributed by atoms with E-state index in [2.05, 4.69) is 9.44 Å². The van der Waals surface area contributed by atoms with E-state index in [9.17, 15) is 8.42 Å². The van der Waals surface area contributed by atoms with Gasteiger partial charge in [-0.1, -0.05) is 6.92 Å². The molecular weight excluding hydrogens is 168 g/mol. The van der Waals surface area contributed by atoms with E-state index in [0.717, 1.165) is 0 Å². The Bertz CT molecular complexity index is 188. The molecule has 0 rings (SSSR count). The summed E-state index contributed by atoms with van der Waals surface area (Å²) in [7, 11) is -3.39. The third-order valence-corrected chi connectivity index (χ3v) is 2.12. The highest BCUT2D eigenvalue weighted by Gasteiger charge is 2.07. The molecule has 0 aromatic heterocycles. The highest BCUT2D eigenvalue weighted by molar-refractivity contribution is 7.87. The molecule has 0 bridgehead atoms. The number of aliphatic hydroxyl groups excluding tert-OH is 1. The second-order valence-corrected chi connectivity index (χ2v) is 3.78. The number of nitrogens with one attached hydrogen (secondary N) is 2. The van der Waals surface area contributed by atoms with Crippen LogP contribution in [0.25, 0.3) is 0 Å². The van der Waals surface area contributed by atoms with Crippen LogP contribution in [0.4, 0.5) is 0 Å². The van der Waals surface area contributed by atoms with Crippen molar-refractivity contribution in [1.29, 1.82) is 0 Å². The van der Waals surface area contributed by atoms with E-state index >= 15 is 0 Å². The first kappa shape index (κ1) is 10.8. The lowest BCUT2D eigenvalue weighted by Crippen LogP contribution is -2.39. The van der Waals surface area contributed by atoms with Crippen molar-refractivity contribution in [2.45, 2.75) is 20.0 Å². The van der Waals surface area contributed by atoms with Gasteiger partial charge < -0.3 is 5.11 Å². The largest absolute Gasteiger partial charge is 0.392 e. The predicted molar refractivity (Wildman–Crippen MR) is 42.3 cm³/mol. The van der Waals surface area contributed by atoms with E-state index in [1.165, 1.54) is 6.92 Å². The van der Waals surface area contributed by atoms with Gasteiger partial charge in [0.05, 0.1) is 6.10 Å². The lowest BCUT2D eigenvalue weighted by atomic mass is 10.4. The van der Waals surface area contributed by atoms with Gasteiger partial charge in [0.1, 0.15) is 0 Å². The van der Waals surface area contributed by atoms with Gasteiger partial charge in [-0.15, -0.1) is 0 Å². The van der Waals surface area contributed by atoms with E-state index in [-0.39, 0.29) is 6.54 Å². The summed E-state index contributed by atoms with van der Waals surface area (Å²) in [4.78, 5) is 0. The van der Waals surface area contributed by atoms with Crippen LogP contribution in [0.2, 0.25) is 0 Å². The van der Waals surface area contributed by atoms with Crippen molar-refractivity contribution in [1.82, 2.24) is 9.44 Å². The molecule has 11 heavy (non-hydrogen) atoms. The first-order chi connectivity index (χ1) is 4.98. The van der Waals surface area contributed by atoms with Crippen molar-refractivity contribution in [3.8, 4) is 0 Å². The van der Waals surface area contributed by atoms with Crippen molar-refractivity contribution in [2.24, 2.45) is 0 Å². The zero-order valence-electron chi connectivity index (χ0n) is 6.66. The minimum atomic E-state index is -3.39. The van der Waals surface area contributed by atoms with Crippen molar-refractivity contribution in [3.05, 3.63) is 0 Å². The molecule has 0 spiro atoms. The third kappa shape index (κ3) is 6.24. The van der Waals surface area contributed by atoms with Gasteiger partial charge in [0.25, 0.3) is 10.2 Å². The smallest absolute Gasteiger partial charge is 0.276 e. The fourth-order valence-corrected chi connectivity index (χ4v) is 1.41. The molecule has 68 valence electrons. The first-order valence-corrected chi connectivity index (χ1v) is 4.88. The molecule has 0 aliphatic heterocycles. The number of hydrogen-bond donors (Lipinski definition) is 3. The van der Waals surface area contributed by atoms with Crippen LogP contribution in [0, 0.1) is 0 Å². The van der Waals surface area contributed by atoms with Gasteiger partial charge in [0.15, 0.2) is 0 Å². The molecule has 0 aliphatic rings. The van der Waals surface area contributed by atoms with Gasteiger partial charge >= 0.3 is 0 Å². The van der Waals surface area contributed by atoms with Gasteiger partial charge in [-0.3, -0.25) is 0 Å². The van der Waals surface area contributed by atoms with E-state index in [1.54, 1.807) is 6.92 Å². The molecule has 0 aliphatic carbocycles. The van der Waals surface area contributed by atoms with Crippen LogP contribution >= 0.6 is 0 Å². The van der Waals surface area contributed by atoms with Crippen LogP contribution in [0.5, 0.6) is 0 Å². The SMILES string of the molecule is CCNS(=O)(=O)NC[C@H](C)O. The average Bonchev–Trinajstić information content (AvgIpc) is 1.84. The zero-order chi connectivity index (χ0) is 8.91. The summed E-state index contributed by atoms with van der Waals surface area (Å²) < 4.78 is 26.0. The maximum atomic E-state index is 10.8. The molecule has 0 aromatic rings. The second kappa shape index (κ2) is 4.66. The first-order valence-electron chi connectivity index (χ1n) is 3.40. The van der Waals surface area contributed by atoms with E-state index in [1.807, 2.05) is 0 Å². The fraction of sp³-hybridized carbons (Fsp3) is 1.00. The van der Waals surface area contributed by atoms with Crippen LogP contribution in [-0.2, 0) is 10.2 Å². The van der Waals surface area contributed by atoms with Crippen LogP contribution in [0.15, 0.2) is 0 Å². The summed E-state index contributed by atoms with van der Waals surface area (Å²) in [6.07, 6.45) is -0.663. The van der Waals surface area contributed by atoms with Gasteiger partial charge in [0.2, 0.25) is 0 Å². The van der Waals surface area contributed by atoms with E-state index in [0.29, 0.717) is 6.54 Å². The third-order valence-electron chi connectivity index (χ3n) is 0.903. The molecule has 0 heterocycles. The molecule has 5 nitrogen and oxygen atoms in total. The van der Waals surface area contributed by atoms with Crippen molar-refractivity contribution < 1.29 is 13.5 Å². The number of rotatable bonds is 5. The predicted octanol–water partition coefficient (Wildman–Crippen LogP) is -1.19. The van der Waals surface area contributed by atoms with Crippen molar-refractivity contribution in [3.63, 3.8) is 0 Å². The Kier molecular flexibility index (Phi) is 4.58. The van der Waals surface area contributed by atoms with Crippen LogP contribution in [0.1, 0.15) is 13.8 Å². The molecule has 0 radical (unpaired) electrons. The van der Waals surface area contributed by atoms with Gasteiger partial charge in [-0.2, -0.15) is 13.1 Å². The van der Waals surface area contributed by atoms with E-state index in [4.69, 9.17) is 5.11 Å². The maximum Gasteiger partial charge on any atom is 0.276 e. The molecule has 1 atom stereocenters. The Balaban J connectivity index is 3.74. The molecule has 0 aromatic carbocycles. The Morgan fingerprint density at radius 3 is 2.36 bits per heavy atom. The van der Waals surface area contributed by atoms with Crippen molar-refractivity contribution >= 4 is 10.2 Å². The Morgan fingerprint density at radius 1 is 1.45 bits per heavy atom. The van der Waals surface area contributed by atoms with Crippen LogP contribution in [0.3, 0.4) is 0 Å². The quantitative estimate of drug-likeness (QED) is 0.500. The van der Waals surface area contributed by atoms with E-state index < -0.39 is 16.3 Å². The molecule has 6 heteroatoms. The van der Waals surface area contributed by atoms with Gasteiger partial charge in [0, 0.05) is 13.1 Å². The Hall–Kier alpha value is -0.170. The maximum absolute atomic E-state index is 10.8. The monoisotopic (exact) mass is 182 g/mol. The summed E-state index contributed by atoms with van der Waals surface area (Å²) in [6, 6.07) is 0. The van der Waals surface area contributed by atoms with Crippen molar-refractivity contribution in [2.75, 3.05) is 13.1 Å². The van der Waals surface area contributed by atoms with Crippen LogP contribution in [-0.4, -0.2) is 32.7 Å². The topological polar surface area (TPSA) is 78.4 Å². The summed E-state index contributed by atoms with van der Waals surface area (Å²) in [5.41, 5.74) is 0. The minimum Gasteiger partial charge on any atom is -0.392 e. The fourth-order valence-electron chi connectivity index (χ4n) is 0.471.